The van der Waals surface area contributed by atoms with Crippen molar-refractivity contribution in [1.29, 1.82) is 0 Å². The molecule has 0 aliphatic rings. The molecule has 0 saturated heterocycles. The zero-order valence-electron chi connectivity index (χ0n) is 28.1. The number of alkyl halides is 2. The molecule has 0 bridgehead atoms. The number of benzene rings is 2. The van der Waals surface area contributed by atoms with E-state index in [-0.39, 0.29) is 12.8 Å². The number of nitrogens with two attached hydrogens (primary N) is 1. The minimum Gasteiger partial charge on any atom is -0.496 e. The maximum absolute atomic E-state index is 12.1. The van der Waals surface area contributed by atoms with Gasteiger partial charge in [0.2, 0.25) is 0 Å². The van der Waals surface area contributed by atoms with Gasteiger partial charge in [-0.1, -0.05) is 33.4 Å². The van der Waals surface area contributed by atoms with Gasteiger partial charge in [0.15, 0.2) is 0 Å². The van der Waals surface area contributed by atoms with Crippen molar-refractivity contribution in [3.8, 4) is 11.5 Å². The van der Waals surface area contributed by atoms with Gasteiger partial charge in [-0.05, 0) is 90.3 Å². The van der Waals surface area contributed by atoms with Crippen molar-refractivity contribution in [2.75, 3.05) is 19.6 Å². The Kier molecular flexibility index (Phi) is 25.2. The Morgan fingerprint density at radius 3 is 1.43 bits per heavy atom. The summed E-state index contributed by atoms with van der Waals surface area (Å²) in [5.41, 5.74) is 7.95. The van der Waals surface area contributed by atoms with Crippen LogP contribution in [0.25, 0.3) is 0 Å². The van der Waals surface area contributed by atoms with Crippen molar-refractivity contribution >= 4 is 58.1 Å². The van der Waals surface area contributed by atoms with Gasteiger partial charge in [-0.15, -0.1) is 23.2 Å². The maximum Gasteiger partial charge on any atom is 0.426 e. The first-order valence-corrected chi connectivity index (χ1v) is 15.4. The maximum atomic E-state index is 12.1. The summed E-state index contributed by atoms with van der Waals surface area (Å²) < 4.78 is 20.1. The molecular formula is C32H51Cl3N4O8. The number of rotatable bonds is 6. The van der Waals surface area contributed by atoms with Crippen LogP contribution in [0.5, 0.6) is 11.5 Å². The Labute approximate surface area is 294 Å². The number of hydrazine groups is 2. The van der Waals surface area contributed by atoms with Crippen molar-refractivity contribution in [3.05, 3.63) is 58.7 Å². The normalized spacial score (nSPS) is 9.91. The molecule has 0 fully saturated rings. The number of ether oxygens (including phenoxy) is 4. The Hall–Kier alpha value is -3.45. The molecule has 3 amide bonds. The Balaban J connectivity index is -0.000000636. The Morgan fingerprint density at radius 1 is 0.723 bits per heavy atom. The van der Waals surface area contributed by atoms with Crippen LogP contribution in [0, 0.1) is 0 Å². The smallest absolute Gasteiger partial charge is 0.426 e. The molecule has 2 aromatic rings. The van der Waals surface area contributed by atoms with E-state index in [2.05, 4.69) is 10.9 Å². The van der Waals surface area contributed by atoms with Crippen LogP contribution >= 0.6 is 34.8 Å². The molecule has 0 radical (unpaired) electrons. The number of hydrogen-bond acceptors (Lipinski definition) is 9. The number of carbonyl (C=O) groups is 4. The van der Waals surface area contributed by atoms with E-state index in [1.165, 1.54) is 0 Å². The summed E-state index contributed by atoms with van der Waals surface area (Å²) in [6, 6.07) is 10.5. The molecule has 0 saturated carbocycles. The number of carbonyl (C=O) groups excluding carboxylic acids is 4. The van der Waals surface area contributed by atoms with Gasteiger partial charge in [0.25, 0.3) is 11.1 Å². The third kappa shape index (κ3) is 21.1. The lowest BCUT2D eigenvalue weighted by Gasteiger charge is -2.20. The summed E-state index contributed by atoms with van der Waals surface area (Å²) in [5, 5.41) is -0.240. The lowest BCUT2D eigenvalue weighted by molar-refractivity contribution is 0.0481. The fourth-order valence-electron chi connectivity index (χ4n) is 3.43. The van der Waals surface area contributed by atoms with Crippen LogP contribution in [0.1, 0.15) is 94.7 Å². The van der Waals surface area contributed by atoms with Gasteiger partial charge in [0.05, 0.1) is 19.6 Å². The summed E-state index contributed by atoms with van der Waals surface area (Å²) in [6.07, 6.45) is 0.0519. The Morgan fingerprint density at radius 2 is 1.11 bits per heavy atom. The van der Waals surface area contributed by atoms with E-state index in [4.69, 9.17) is 59.6 Å². The first-order valence-electron chi connectivity index (χ1n) is 14.0. The molecule has 12 nitrogen and oxygen atoms in total. The number of hydrogen-bond donors (Lipinski definition) is 4. The SMILES string of the molecule is C.CC(C)(C)OC(=O)NN.CCc1c(OC)cccc1C(=O)Cl.CCc1c(OC)cccc1C(=O)NNC(=O)OC(C)(C)C.ClCCl. The average molecular weight is 726 g/mol. The van der Waals surface area contributed by atoms with Crippen molar-refractivity contribution in [1.82, 2.24) is 16.3 Å². The number of halogens is 3. The minimum atomic E-state index is -0.711. The molecule has 0 aromatic heterocycles. The molecule has 47 heavy (non-hydrogen) atoms. The fourth-order valence-corrected chi connectivity index (χ4v) is 3.60. The first kappa shape index (κ1) is 48.0. The monoisotopic (exact) mass is 724 g/mol. The molecule has 0 aliphatic heterocycles. The van der Waals surface area contributed by atoms with Gasteiger partial charge >= 0.3 is 12.2 Å². The second kappa shape index (κ2) is 24.7. The van der Waals surface area contributed by atoms with Crippen molar-refractivity contribution < 1.29 is 38.1 Å². The Bertz CT molecular complexity index is 1250. The number of nitrogens with one attached hydrogen (secondary N) is 3. The summed E-state index contributed by atoms with van der Waals surface area (Å²) in [4.78, 5) is 45.0. The molecular weight excluding hydrogens is 675 g/mol. The van der Waals surface area contributed by atoms with Gasteiger partial charge in [0, 0.05) is 22.3 Å². The van der Waals surface area contributed by atoms with E-state index in [1.807, 2.05) is 25.3 Å². The summed E-state index contributed by atoms with van der Waals surface area (Å²) in [5.74, 6) is 5.69. The zero-order chi connectivity index (χ0) is 36.1. The van der Waals surface area contributed by atoms with Crippen LogP contribution in [0.15, 0.2) is 36.4 Å². The van der Waals surface area contributed by atoms with E-state index < -0.39 is 34.5 Å². The molecule has 15 heteroatoms. The highest BCUT2D eigenvalue weighted by atomic mass is 35.5. The van der Waals surface area contributed by atoms with Gasteiger partial charge in [-0.2, -0.15) is 0 Å². The standard InChI is InChI=1S/C15H22N2O4.C10H11ClO2.C5H12N2O2.CH2Cl2.CH4/c1-6-10-11(8-7-9-12(10)20-5)13(18)16-17-14(19)21-15(2,3)4;1-3-7-8(10(11)12)5-4-6-9(7)13-2;1-5(2,3)9-4(8)7-6;2-1-3;/h7-9H,6H2,1-5H3,(H,16,18)(H,17,19);4-6H,3H2,1-2H3;6H2,1-3H3,(H,7,8);1H2;1H4. The summed E-state index contributed by atoms with van der Waals surface area (Å²) in [6.45, 7) is 14.4. The molecule has 0 aliphatic carbocycles. The largest absolute Gasteiger partial charge is 0.496 e. The summed E-state index contributed by atoms with van der Waals surface area (Å²) in [7, 11) is 3.13. The lowest BCUT2D eigenvalue weighted by atomic mass is 10.0. The molecule has 5 N–H and O–H groups in total. The average Bonchev–Trinajstić information content (AvgIpc) is 2.98. The van der Waals surface area contributed by atoms with Gasteiger partial charge in [-0.3, -0.25) is 20.4 Å². The molecule has 0 heterocycles. The molecule has 0 unspecified atom stereocenters. The van der Waals surface area contributed by atoms with E-state index >= 15 is 0 Å². The molecule has 0 spiro atoms. The van der Waals surface area contributed by atoms with E-state index in [1.54, 1.807) is 86.1 Å². The second-order valence-corrected chi connectivity index (χ2v) is 11.9. The molecule has 2 aromatic carbocycles. The fraction of sp³-hybridized carbons (Fsp3) is 0.500. The highest BCUT2D eigenvalue weighted by molar-refractivity contribution is 6.68. The van der Waals surface area contributed by atoms with Crippen LogP contribution in [-0.2, 0) is 22.3 Å². The van der Waals surface area contributed by atoms with Crippen LogP contribution in [0.3, 0.4) is 0 Å². The van der Waals surface area contributed by atoms with E-state index in [9.17, 15) is 19.2 Å². The topological polar surface area (TPSA) is 167 Å². The number of amides is 3. The van der Waals surface area contributed by atoms with E-state index in [0.717, 1.165) is 17.5 Å². The second-order valence-electron chi connectivity index (χ2n) is 10.8. The highest BCUT2D eigenvalue weighted by Crippen LogP contribution is 2.24. The first-order chi connectivity index (χ1) is 21.4. The predicted octanol–water partition coefficient (Wildman–Crippen LogP) is 7.51. The molecule has 268 valence electrons. The van der Waals surface area contributed by atoms with Gasteiger partial charge in [-0.25, -0.2) is 20.9 Å². The van der Waals surface area contributed by atoms with Gasteiger partial charge in [0.1, 0.15) is 22.7 Å². The lowest BCUT2D eigenvalue weighted by Crippen LogP contribution is -2.44. The quantitative estimate of drug-likeness (QED) is 0.0775. The molecule has 2 rings (SSSR count). The van der Waals surface area contributed by atoms with Crippen LogP contribution < -0.4 is 31.6 Å². The van der Waals surface area contributed by atoms with Crippen molar-refractivity contribution in [2.45, 2.75) is 86.9 Å². The third-order valence-electron chi connectivity index (χ3n) is 5.06. The van der Waals surface area contributed by atoms with Crippen LogP contribution in [0.4, 0.5) is 9.59 Å². The molecule has 0 atom stereocenters. The van der Waals surface area contributed by atoms with Crippen molar-refractivity contribution in [2.24, 2.45) is 5.84 Å². The van der Waals surface area contributed by atoms with Gasteiger partial charge < -0.3 is 18.9 Å². The van der Waals surface area contributed by atoms with E-state index in [0.29, 0.717) is 29.0 Å². The van der Waals surface area contributed by atoms with Crippen LogP contribution in [0.2, 0.25) is 0 Å². The van der Waals surface area contributed by atoms with Crippen molar-refractivity contribution in [3.63, 3.8) is 0 Å². The number of methoxy groups -OCH3 is 2. The highest BCUT2D eigenvalue weighted by Gasteiger charge is 2.19. The minimum absolute atomic E-state index is 0. The predicted molar refractivity (Wildman–Crippen MR) is 189 cm³/mol. The zero-order valence-corrected chi connectivity index (χ0v) is 30.3. The third-order valence-corrected chi connectivity index (χ3v) is 5.27. The van der Waals surface area contributed by atoms with Crippen LogP contribution in [-0.4, -0.2) is 54.1 Å². The summed E-state index contributed by atoms with van der Waals surface area (Å²) >= 11 is 14.9.